The van der Waals surface area contributed by atoms with Crippen LogP contribution < -0.4 is 5.32 Å². The molecule has 4 rings (SSSR count). The molecule has 21 heavy (non-hydrogen) atoms. The number of thiophene rings is 1. The van der Waals surface area contributed by atoms with Crippen LogP contribution in [0.4, 0.5) is 0 Å². The summed E-state index contributed by atoms with van der Waals surface area (Å²) in [4.78, 5) is 2.96. The molecule has 2 nitrogen and oxygen atoms in total. The zero-order valence-electron chi connectivity index (χ0n) is 12.2. The first-order chi connectivity index (χ1) is 10.3. The third kappa shape index (κ3) is 2.30. The van der Waals surface area contributed by atoms with Crippen LogP contribution >= 0.6 is 11.3 Å². The second-order valence-corrected chi connectivity index (χ2v) is 6.80. The predicted octanol–water partition coefficient (Wildman–Crippen LogP) is 4.68. The van der Waals surface area contributed by atoms with Gasteiger partial charge in [-0.3, -0.25) is 0 Å². The molecule has 2 heterocycles. The molecule has 0 fully saturated rings. The van der Waals surface area contributed by atoms with Crippen LogP contribution in [0, 0.1) is 0 Å². The standard InChI is InChI=1S/C18H19NOS/c1-2-19-18(17-11-13-7-5-9-16(13)21-17)15-10-12-6-3-4-8-14(12)20-15/h3-4,6,8,10-11,18-19H,2,5,7,9H2,1H3. The minimum absolute atomic E-state index is 0.179. The lowest BCUT2D eigenvalue weighted by Gasteiger charge is -2.13. The van der Waals surface area contributed by atoms with Crippen molar-refractivity contribution in [2.75, 3.05) is 6.54 Å². The van der Waals surface area contributed by atoms with E-state index in [-0.39, 0.29) is 6.04 Å². The van der Waals surface area contributed by atoms with Gasteiger partial charge in [-0.1, -0.05) is 25.1 Å². The zero-order chi connectivity index (χ0) is 14.2. The predicted molar refractivity (Wildman–Crippen MR) is 88.1 cm³/mol. The number of aryl methyl sites for hydroxylation is 2. The second kappa shape index (κ2) is 5.32. The molecule has 0 bridgehead atoms. The van der Waals surface area contributed by atoms with Gasteiger partial charge in [-0.05, 0) is 49.6 Å². The van der Waals surface area contributed by atoms with E-state index in [2.05, 4.69) is 36.5 Å². The fourth-order valence-electron chi connectivity index (χ4n) is 3.18. The van der Waals surface area contributed by atoms with Crippen LogP contribution in [-0.2, 0) is 12.8 Å². The number of furan rings is 1. The summed E-state index contributed by atoms with van der Waals surface area (Å²) in [6.07, 6.45) is 3.81. The van der Waals surface area contributed by atoms with Crippen molar-refractivity contribution in [3.8, 4) is 0 Å². The summed E-state index contributed by atoms with van der Waals surface area (Å²) in [5, 5.41) is 4.76. The summed E-state index contributed by atoms with van der Waals surface area (Å²) in [6, 6.07) is 13.0. The van der Waals surface area contributed by atoms with E-state index in [0.29, 0.717) is 0 Å². The van der Waals surface area contributed by atoms with Gasteiger partial charge in [-0.15, -0.1) is 11.3 Å². The van der Waals surface area contributed by atoms with Gasteiger partial charge < -0.3 is 9.73 Å². The molecular weight excluding hydrogens is 278 g/mol. The minimum Gasteiger partial charge on any atom is -0.459 e. The minimum atomic E-state index is 0.179. The molecule has 0 saturated heterocycles. The van der Waals surface area contributed by atoms with E-state index in [1.807, 2.05) is 23.5 Å². The van der Waals surface area contributed by atoms with Gasteiger partial charge in [0.25, 0.3) is 0 Å². The molecule has 1 aliphatic carbocycles. The van der Waals surface area contributed by atoms with Gasteiger partial charge in [0, 0.05) is 15.1 Å². The lowest BCUT2D eigenvalue weighted by atomic mass is 10.1. The van der Waals surface area contributed by atoms with E-state index in [1.165, 1.54) is 29.5 Å². The number of para-hydroxylation sites is 1. The smallest absolute Gasteiger partial charge is 0.134 e. The Balaban J connectivity index is 1.75. The molecule has 1 aromatic carbocycles. The number of hydrogen-bond acceptors (Lipinski definition) is 3. The van der Waals surface area contributed by atoms with Crippen molar-refractivity contribution in [2.24, 2.45) is 0 Å². The Morgan fingerprint density at radius 2 is 2.14 bits per heavy atom. The van der Waals surface area contributed by atoms with Crippen LogP contribution in [0.15, 0.2) is 40.8 Å². The van der Waals surface area contributed by atoms with Gasteiger partial charge in [0.2, 0.25) is 0 Å². The van der Waals surface area contributed by atoms with Crippen molar-refractivity contribution in [3.05, 3.63) is 57.5 Å². The summed E-state index contributed by atoms with van der Waals surface area (Å²) in [7, 11) is 0. The first-order valence-corrected chi connectivity index (χ1v) is 8.50. The zero-order valence-corrected chi connectivity index (χ0v) is 13.0. The number of rotatable bonds is 4. The highest BCUT2D eigenvalue weighted by atomic mass is 32.1. The molecule has 0 spiro atoms. The van der Waals surface area contributed by atoms with Gasteiger partial charge in [0.15, 0.2) is 0 Å². The number of hydrogen-bond donors (Lipinski definition) is 1. The van der Waals surface area contributed by atoms with Crippen molar-refractivity contribution in [1.29, 1.82) is 0 Å². The largest absolute Gasteiger partial charge is 0.459 e. The Morgan fingerprint density at radius 1 is 1.24 bits per heavy atom. The van der Waals surface area contributed by atoms with Crippen LogP contribution in [0.5, 0.6) is 0 Å². The van der Waals surface area contributed by atoms with E-state index in [4.69, 9.17) is 4.42 Å². The Hall–Kier alpha value is -1.58. The summed E-state index contributed by atoms with van der Waals surface area (Å²) in [6.45, 7) is 3.08. The molecule has 3 heteroatoms. The summed E-state index contributed by atoms with van der Waals surface area (Å²) in [5.41, 5.74) is 2.52. The first kappa shape index (κ1) is 13.1. The second-order valence-electron chi connectivity index (χ2n) is 5.63. The molecule has 0 amide bonds. The summed E-state index contributed by atoms with van der Waals surface area (Å²) >= 11 is 1.95. The Labute approximate surface area is 128 Å². The van der Waals surface area contributed by atoms with Crippen LogP contribution in [0.3, 0.4) is 0 Å². The molecule has 1 aliphatic rings. The van der Waals surface area contributed by atoms with Crippen molar-refractivity contribution in [2.45, 2.75) is 32.2 Å². The molecule has 1 atom stereocenters. The Morgan fingerprint density at radius 3 is 2.95 bits per heavy atom. The van der Waals surface area contributed by atoms with E-state index < -0.39 is 0 Å². The normalized spacial score (nSPS) is 15.5. The van der Waals surface area contributed by atoms with Crippen molar-refractivity contribution in [1.82, 2.24) is 5.32 Å². The van der Waals surface area contributed by atoms with Gasteiger partial charge in [-0.25, -0.2) is 0 Å². The maximum absolute atomic E-state index is 6.08. The highest BCUT2D eigenvalue weighted by Crippen LogP contribution is 2.37. The van der Waals surface area contributed by atoms with Crippen LogP contribution in [0.25, 0.3) is 11.0 Å². The molecule has 1 unspecified atom stereocenters. The average Bonchev–Trinajstić information content (AvgIpc) is 3.17. The average molecular weight is 297 g/mol. The highest BCUT2D eigenvalue weighted by molar-refractivity contribution is 7.12. The van der Waals surface area contributed by atoms with Gasteiger partial charge >= 0.3 is 0 Å². The van der Waals surface area contributed by atoms with Crippen LogP contribution in [0.2, 0.25) is 0 Å². The van der Waals surface area contributed by atoms with E-state index in [9.17, 15) is 0 Å². The van der Waals surface area contributed by atoms with E-state index in [0.717, 1.165) is 17.9 Å². The lowest BCUT2D eigenvalue weighted by molar-refractivity contribution is 0.481. The monoisotopic (exact) mass is 297 g/mol. The first-order valence-electron chi connectivity index (χ1n) is 7.68. The molecule has 0 radical (unpaired) electrons. The maximum Gasteiger partial charge on any atom is 0.134 e. The lowest BCUT2D eigenvalue weighted by Crippen LogP contribution is -2.20. The molecule has 3 aromatic rings. The Bertz CT molecular complexity index is 716. The third-order valence-electron chi connectivity index (χ3n) is 4.19. The number of fused-ring (bicyclic) bond motifs is 2. The number of benzene rings is 1. The molecule has 108 valence electrons. The fraction of sp³-hybridized carbons (Fsp3) is 0.333. The van der Waals surface area contributed by atoms with E-state index in [1.54, 1.807) is 10.4 Å². The Kier molecular flexibility index (Phi) is 3.32. The van der Waals surface area contributed by atoms with E-state index >= 15 is 0 Å². The third-order valence-corrected chi connectivity index (χ3v) is 5.49. The van der Waals surface area contributed by atoms with Gasteiger partial charge in [0.05, 0.1) is 0 Å². The fourth-order valence-corrected chi connectivity index (χ4v) is 4.53. The van der Waals surface area contributed by atoms with Crippen molar-refractivity contribution in [3.63, 3.8) is 0 Å². The maximum atomic E-state index is 6.08. The SMILES string of the molecule is CCNC(c1cc2ccccc2o1)c1cc2c(s1)CCC2. The molecule has 1 N–H and O–H groups in total. The van der Waals surface area contributed by atoms with Crippen molar-refractivity contribution >= 4 is 22.3 Å². The van der Waals surface area contributed by atoms with Gasteiger partial charge in [-0.2, -0.15) is 0 Å². The molecule has 0 aliphatic heterocycles. The van der Waals surface area contributed by atoms with Crippen LogP contribution in [0.1, 0.15) is 40.5 Å². The topological polar surface area (TPSA) is 25.2 Å². The van der Waals surface area contributed by atoms with Crippen molar-refractivity contribution < 1.29 is 4.42 Å². The summed E-state index contributed by atoms with van der Waals surface area (Å²) in [5.74, 6) is 1.03. The van der Waals surface area contributed by atoms with Crippen LogP contribution in [-0.4, -0.2) is 6.54 Å². The number of nitrogens with one attached hydrogen (secondary N) is 1. The molecule has 2 aromatic heterocycles. The highest BCUT2D eigenvalue weighted by Gasteiger charge is 2.23. The quantitative estimate of drug-likeness (QED) is 0.756. The molecule has 0 saturated carbocycles. The van der Waals surface area contributed by atoms with Gasteiger partial charge in [0.1, 0.15) is 17.4 Å². The summed E-state index contributed by atoms with van der Waals surface area (Å²) < 4.78 is 6.08. The molecular formula is C18H19NOS.